The van der Waals surface area contributed by atoms with Crippen molar-refractivity contribution in [1.82, 2.24) is 19.2 Å². The highest BCUT2D eigenvalue weighted by molar-refractivity contribution is 6.31. The molecule has 1 atom stereocenters. The third-order valence-electron chi connectivity index (χ3n) is 6.58. The average Bonchev–Trinajstić information content (AvgIpc) is 2.89. The molecule has 4 rings (SSSR count). The topological polar surface area (TPSA) is 104 Å². The van der Waals surface area contributed by atoms with Gasteiger partial charge in [-0.15, -0.1) is 0 Å². The predicted molar refractivity (Wildman–Crippen MR) is 139 cm³/mol. The second-order valence-electron chi connectivity index (χ2n) is 9.14. The normalized spacial score (nSPS) is 15.5. The van der Waals surface area contributed by atoms with Crippen molar-refractivity contribution in [2.75, 3.05) is 19.7 Å². The van der Waals surface area contributed by atoms with Crippen molar-refractivity contribution in [3.05, 3.63) is 90.7 Å². The number of aromatic nitrogens is 3. The van der Waals surface area contributed by atoms with Gasteiger partial charge in [0.2, 0.25) is 5.69 Å². The molecule has 0 N–H and O–H groups in total. The monoisotopic (exact) mass is 524 g/mol. The third-order valence-corrected chi connectivity index (χ3v) is 6.99. The fraction of sp³-hybridized carbons (Fsp3) is 0.370. The number of carbonyl (C=O) groups is 2. The van der Waals surface area contributed by atoms with E-state index in [2.05, 4.69) is 5.10 Å². The summed E-state index contributed by atoms with van der Waals surface area (Å²) in [6.07, 6.45) is 1.18. The number of rotatable bonds is 6. The van der Waals surface area contributed by atoms with Gasteiger partial charge in [-0.25, -0.2) is 4.79 Å². The Kier molecular flexibility index (Phi) is 7.92. The number of ether oxygens (including phenoxy) is 1. The number of halogens is 1. The molecule has 194 valence electrons. The number of benzene rings is 2. The first-order chi connectivity index (χ1) is 17.7. The summed E-state index contributed by atoms with van der Waals surface area (Å²) in [5, 5.41) is 4.64. The molecule has 10 heteroatoms. The second-order valence-corrected chi connectivity index (χ2v) is 9.54. The van der Waals surface area contributed by atoms with Crippen LogP contribution in [0.25, 0.3) is 5.69 Å². The average molecular weight is 525 g/mol. The zero-order valence-electron chi connectivity index (χ0n) is 21.1. The first kappa shape index (κ1) is 26.3. The number of nitrogens with zero attached hydrogens (tertiary/aromatic N) is 4. The Hall–Kier alpha value is -3.72. The van der Waals surface area contributed by atoms with E-state index in [4.69, 9.17) is 16.3 Å². The molecule has 2 aromatic carbocycles. The van der Waals surface area contributed by atoms with Gasteiger partial charge in [-0.2, -0.15) is 9.78 Å². The van der Waals surface area contributed by atoms with E-state index in [1.165, 1.54) is 4.90 Å². The van der Waals surface area contributed by atoms with E-state index in [0.717, 1.165) is 25.9 Å². The van der Waals surface area contributed by atoms with Crippen LogP contribution >= 0.6 is 11.6 Å². The van der Waals surface area contributed by atoms with Gasteiger partial charge in [0.05, 0.1) is 24.8 Å². The van der Waals surface area contributed by atoms with Crippen LogP contribution in [0.2, 0.25) is 5.02 Å². The number of hydrogen-bond donors (Lipinski definition) is 0. The highest BCUT2D eigenvalue weighted by Crippen LogP contribution is 2.20. The molecule has 0 radical (unpaired) electrons. The lowest BCUT2D eigenvalue weighted by Gasteiger charge is -2.31. The van der Waals surface area contributed by atoms with Crippen molar-refractivity contribution in [2.45, 2.75) is 40.2 Å². The van der Waals surface area contributed by atoms with E-state index >= 15 is 0 Å². The molecule has 1 fully saturated rings. The summed E-state index contributed by atoms with van der Waals surface area (Å²) in [7, 11) is 0. The molecule has 37 heavy (non-hydrogen) atoms. The van der Waals surface area contributed by atoms with Gasteiger partial charge in [0.15, 0.2) is 0 Å². The minimum Gasteiger partial charge on any atom is -0.466 e. The molecular formula is C27H29ClN4O5. The number of esters is 1. The maximum absolute atomic E-state index is 13.6. The van der Waals surface area contributed by atoms with E-state index in [1.54, 1.807) is 25.1 Å². The third kappa shape index (κ3) is 5.51. The first-order valence-corrected chi connectivity index (χ1v) is 12.6. The van der Waals surface area contributed by atoms with Crippen LogP contribution in [-0.2, 0) is 16.1 Å². The number of carbonyl (C=O) groups excluding carboxylic acids is 2. The molecular weight excluding hydrogens is 496 g/mol. The summed E-state index contributed by atoms with van der Waals surface area (Å²) in [5.74, 6) is -1.48. The fourth-order valence-corrected chi connectivity index (χ4v) is 4.57. The smallest absolute Gasteiger partial charge is 0.352 e. The number of aryl methyl sites for hydroxylation is 2. The summed E-state index contributed by atoms with van der Waals surface area (Å²) in [4.78, 5) is 54.4. The SMILES string of the molecule is CCOC(=O)[C@H]1CCCN(C(=O)c2nn(-c3ccc(C)c(Cl)c3)c(=O)n(Cc3ccccc3C)c2=O)C1. The Bertz CT molecular complexity index is 1460. The molecule has 9 nitrogen and oxygen atoms in total. The minimum absolute atomic E-state index is 0.0296. The zero-order valence-corrected chi connectivity index (χ0v) is 21.8. The van der Waals surface area contributed by atoms with Crippen LogP contribution in [0.1, 0.15) is 46.9 Å². The summed E-state index contributed by atoms with van der Waals surface area (Å²) in [5.41, 5.74) is 0.933. The van der Waals surface area contributed by atoms with Crippen LogP contribution in [0.4, 0.5) is 0 Å². The lowest BCUT2D eigenvalue weighted by Crippen LogP contribution is -2.49. The summed E-state index contributed by atoms with van der Waals surface area (Å²) in [6, 6.07) is 12.4. The van der Waals surface area contributed by atoms with Gasteiger partial charge >= 0.3 is 11.7 Å². The van der Waals surface area contributed by atoms with E-state index in [-0.39, 0.29) is 25.7 Å². The largest absolute Gasteiger partial charge is 0.466 e. The van der Waals surface area contributed by atoms with Crippen LogP contribution in [0.3, 0.4) is 0 Å². The van der Waals surface area contributed by atoms with Crippen molar-refractivity contribution >= 4 is 23.5 Å². The van der Waals surface area contributed by atoms with Gasteiger partial charge in [-0.1, -0.05) is 41.9 Å². The number of likely N-dealkylation sites (tertiary alicyclic amines) is 1. The van der Waals surface area contributed by atoms with Crippen LogP contribution in [0.15, 0.2) is 52.1 Å². The predicted octanol–water partition coefficient (Wildman–Crippen LogP) is 3.13. The van der Waals surface area contributed by atoms with Crippen LogP contribution in [-0.4, -0.2) is 50.8 Å². The van der Waals surface area contributed by atoms with E-state index < -0.39 is 28.8 Å². The lowest BCUT2D eigenvalue weighted by atomic mass is 9.98. The Morgan fingerprint density at radius 1 is 1.11 bits per heavy atom. The highest BCUT2D eigenvalue weighted by Gasteiger charge is 2.32. The molecule has 1 amide bonds. The van der Waals surface area contributed by atoms with Gasteiger partial charge in [0.1, 0.15) is 0 Å². The van der Waals surface area contributed by atoms with Gasteiger partial charge in [-0.05, 0) is 62.4 Å². The quantitative estimate of drug-likeness (QED) is 0.459. The first-order valence-electron chi connectivity index (χ1n) is 12.2. The number of hydrogen-bond acceptors (Lipinski definition) is 6. The number of piperidine rings is 1. The molecule has 0 unspecified atom stereocenters. The molecule has 3 aromatic rings. The van der Waals surface area contributed by atoms with Crippen molar-refractivity contribution in [2.24, 2.45) is 5.92 Å². The maximum Gasteiger partial charge on any atom is 0.352 e. The van der Waals surface area contributed by atoms with E-state index in [0.29, 0.717) is 30.1 Å². The van der Waals surface area contributed by atoms with Crippen molar-refractivity contribution in [3.8, 4) is 5.69 Å². The highest BCUT2D eigenvalue weighted by atomic mass is 35.5. The standard InChI is InChI=1S/C27H29ClN4O5/c1-4-37-26(35)20-10-7-13-30(15-20)24(33)23-25(34)31(16-19-9-6-5-8-17(19)2)27(36)32(29-23)21-12-11-18(3)22(28)14-21/h5-6,8-9,11-12,14,20H,4,7,10,13,15-16H2,1-3H3/t20-/m0/s1. The second kappa shape index (κ2) is 11.1. The van der Waals surface area contributed by atoms with Gasteiger partial charge in [-0.3, -0.25) is 19.0 Å². The van der Waals surface area contributed by atoms with Crippen molar-refractivity contribution < 1.29 is 14.3 Å². The van der Waals surface area contributed by atoms with Crippen LogP contribution in [0, 0.1) is 19.8 Å². The van der Waals surface area contributed by atoms with Crippen molar-refractivity contribution in [3.63, 3.8) is 0 Å². The lowest BCUT2D eigenvalue weighted by molar-refractivity contribution is -0.149. The Labute approximate surface area is 219 Å². The van der Waals surface area contributed by atoms with E-state index in [9.17, 15) is 19.2 Å². The molecule has 1 aromatic heterocycles. The van der Waals surface area contributed by atoms with Crippen LogP contribution < -0.4 is 11.2 Å². The van der Waals surface area contributed by atoms with Crippen LogP contribution in [0.5, 0.6) is 0 Å². The van der Waals surface area contributed by atoms with Gasteiger partial charge in [0, 0.05) is 18.1 Å². The van der Waals surface area contributed by atoms with Gasteiger partial charge < -0.3 is 9.64 Å². The van der Waals surface area contributed by atoms with Crippen molar-refractivity contribution in [1.29, 1.82) is 0 Å². The summed E-state index contributed by atoms with van der Waals surface area (Å²) >= 11 is 6.30. The molecule has 0 spiro atoms. The molecule has 2 heterocycles. The minimum atomic E-state index is -0.786. The Balaban J connectivity index is 1.82. The molecule has 0 bridgehead atoms. The Morgan fingerprint density at radius 3 is 2.57 bits per heavy atom. The molecule has 0 aliphatic carbocycles. The molecule has 1 aliphatic heterocycles. The zero-order chi connectivity index (χ0) is 26.7. The molecule has 1 aliphatic rings. The summed E-state index contributed by atoms with van der Waals surface area (Å²) < 4.78 is 7.18. The maximum atomic E-state index is 13.6. The fourth-order valence-electron chi connectivity index (χ4n) is 4.39. The molecule has 1 saturated heterocycles. The van der Waals surface area contributed by atoms with Gasteiger partial charge in [0.25, 0.3) is 11.5 Å². The number of amides is 1. The van der Waals surface area contributed by atoms with E-state index in [1.807, 2.05) is 38.1 Å². The molecule has 0 saturated carbocycles. The Morgan fingerprint density at radius 2 is 1.86 bits per heavy atom. The summed E-state index contributed by atoms with van der Waals surface area (Å²) in [6.45, 7) is 6.14.